The molecule has 6 heteroatoms. The van der Waals surface area contributed by atoms with E-state index in [1.165, 1.54) is 11.3 Å². The maximum Gasteiger partial charge on any atom is 0.226 e. The number of aromatic nitrogens is 2. The van der Waals surface area contributed by atoms with Gasteiger partial charge in [-0.25, -0.2) is 4.98 Å². The maximum absolute atomic E-state index is 13.6. The molecule has 1 N–H and O–H groups in total. The van der Waals surface area contributed by atoms with E-state index < -0.39 is 0 Å². The van der Waals surface area contributed by atoms with Crippen LogP contribution < -0.4 is 5.32 Å². The maximum atomic E-state index is 13.6. The fourth-order valence-electron chi connectivity index (χ4n) is 9.18. The Morgan fingerprint density at radius 2 is 1.89 bits per heavy atom. The van der Waals surface area contributed by atoms with Crippen molar-refractivity contribution >= 4 is 22.8 Å². The molecule has 6 atom stereocenters. The van der Waals surface area contributed by atoms with E-state index in [4.69, 9.17) is 4.98 Å². The zero-order valence-corrected chi connectivity index (χ0v) is 22.4. The predicted molar refractivity (Wildman–Crippen MR) is 141 cm³/mol. The molecule has 1 aromatic carbocycles. The number of hydrogen-bond acceptors (Lipinski definition) is 3. The average Bonchev–Trinajstić information content (AvgIpc) is 3.37. The number of para-hydroxylation sites is 2. The molecule has 6 rings (SSSR count). The van der Waals surface area contributed by atoms with Crippen LogP contribution in [0, 0.1) is 34.5 Å². The van der Waals surface area contributed by atoms with E-state index in [-0.39, 0.29) is 28.6 Å². The van der Waals surface area contributed by atoms with Crippen LogP contribution in [0.2, 0.25) is 0 Å². The van der Waals surface area contributed by atoms with Crippen LogP contribution in [-0.2, 0) is 23.2 Å². The van der Waals surface area contributed by atoms with Gasteiger partial charge in [-0.2, -0.15) is 0 Å². The first-order valence-electron chi connectivity index (χ1n) is 13.8. The van der Waals surface area contributed by atoms with E-state index >= 15 is 0 Å². The van der Waals surface area contributed by atoms with Crippen molar-refractivity contribution in [3.05, 3.63) is 41.4 Å². The summed E-state index contributed by atoms with van der Waals surface area (Å²) in [6.45, 7) is 7.54. The van der Waals surface area contributed by atoms with Gasteiger partial charge in [-0.15, -0.1) is 0 Å². The minimum Gasteiger partial charge on any atom is -0.349 e. The minimum absolute atomic E-state index is 0.0438. The van der Waals surface area contributed by atoms with Crippen molar-refractivity contribution in [2.24, 2.45) is 41.5 Å². The van der Waals surface area contributed by atoms with E-state index in [0.29, 0.717) is 30.7 Å². The van der Waals surface area contributed by atoms with E-state index in [9.17, 15) is 9.59 Å². The summed E-state index contributed by atoms with van der Waals surface area (Å²) in [5.74, 6) is 3.20. The molecule has 2 saturated carbocycles. The average molecular weight is 489 g/mol. The molecule has 6 nitrogen and oxygen atoms in total. The molecule has 2 aromatic rings. The van der Waals surface area contributed by atoms with Crippen LogP contribution in [0.4, 0.5) is 0 Å². The second-order valence-electron chi connectivity index (χ2n) is 12.5. The lowest BCUT2D eigenvalue weighted by molar-refractivity contribution is -0.138. The number of rotatable bonds is 3. The standard InChI is InChI=1S/C30H40N4O2/c1-18-16-19-20-10-11-22(28(36)31-17-25-32-23-8-6-7-9-24(23)33(25)4)29(20,2)14-12-21(19)30(3)15-13-26(35)34(5)27(18)30/h6-9,19-22H,10-17H2,1-5H3,(H,31,36)/t19-,20-,21-,22+,29-,30+/m0/s1. The Bertz CT molecular complexity index is 1280. The van der Waals surface area contributed by atoms with Crippen molar-refractivity contribution in [3.8, 4) is 0 Å². The number of hydrogen-bond donors (Lipinski definition) is 1. The van der Waals surface area contributed by atoms with Crippen LogP contribution in [0.5, 0.6) is 0 Å². The summed E-state index contributed by atoms with van der Waals surface area (Å²) in [5.41, 5.74) is 4.89. The molecular weight excluding hydrogens is 448 g/mol. The van der Waals surface area contributed by atoms with Gasteiger partial charge in [0.25, 0.3) is 0 Å². The van der Waals surface area contributed by atoms with Gasteiger partial charge in [0.2, 0.25) is 11.8 Å². The smallest absolute Gasteiger partial charge is 0.226 e. The van der Waals surface area contributed by atoms with E-state index in [2.05, 4.69) is 36.7 Å². The number of imidazole rings is 1. The lowest BCUT2D eigenvalue weighted by Crippen LogP contribution is -2.55. The molecular formula is C30H40N4O2. The first-order chi connectivity index (χ1) is 17.1. The molecule has 0 spiro atoms. The van der Waals surface area contributed by atoms with Crippen LogP contribution in [0.15, 0.2) is 35.5 Å². The molecule has 3 fully saturated rings. The molecule has 3 aliphatic carbocycles. The summed E-state index contributed by atoms with van der Waals surface area (Å²) in [6.07, 6.45) is 7.06. The van der Waals surface area contributed by atoms with E-state index in [0.717, 1.165) is 55.4 Å². The highest BCUT2D eigenvalue weighted by Crippen LogP contribution is 2.66. The Balaban J connectivity index is 1.22. The molecule has 0 radical (unpaired) electrons. The van der Waals surface area contributed by atoms with Gasteiger partial charge < -0.3 is 14.8 Å². The summed E-state index contributed by atoms with van der Waals surface area (Å²) >= 11 is 0. The number of carbonyl (C=O) groups excluding carboxylic acids is 2. The number of likely N-dealkylation sites (tertiary alicyclic amines) is 1. The van der Waals surface area contributed by atoms with Gasteiger partial charge in [0.05, 0.1) is 17.6 Å². The highest BCUT2D eigenvalue weighted by atomic mass is 16.2. The number of carbonyl (C=O) groups is 2. The zero-order valence-electron chi connectivity index (χ0n) is 22.4. The minimum atomic E-state index is 0.0438. The molecule has 0 unspecified atom stereocenters. The van der Waals surface area contributed by atoms with Crippen LogP contribution in [-0.4, -0.2) is 33.3 Å². The Kier molecular flexibility index (Phi) is 5.40. The van der Waals surface area contributed by atoms with Gasteiger partial charge in [0, 0.05) is 37.5 Å². The van der Waals surface area contributed by atoms with Crippen molar-refractivity contribution in [1.29, 1.82) is 0 Å². The Morgan fingerprint density at radius 1 is 1.11 bits per heavy atom. The highest BCUT2D eigenvalue weighted by molar-refractivity contribution is 5.81. The molecule has 192 valence electrons. The predicted octanol–water partition coefficient (Wildman–Crippen LogP) is 5.18. The number of aryl methyl sites for hydroxylation is 1. The zero-order chi connectivity index (χ0) is 25.4. The highest BCUT2D eigenvalue weighted by Gasteiger charge is 2.61. The molecule has 36 heavy (non-hydrogen) atoms. The number of benzene rings is 1. The monoisotopic (exact) mass is 488 g/mol. The second-order valence-corrected chi connectivity index (χ2v) is 12.5. The van der Waals surface area contributed by atoms with Crippen LogP contribution in [0.1, 0.15) is 71.5 Å². The van der Waals surface area contributed by atoms with Crippen molar-refractivity contribution < 1.29 is 9.59 Å². The van der Waals surface area contributed by atoms with Gasteiger partial charge in [-0.3, -0.25) is 9.59 Å². The molecule has 4 aliphatic rings. The summed E-state index contributed by atoms with van der Waals surface area (Å²) in [4.78, 5) is 32.8. The number of allylic oxidation sites excluding steroid dienone is 2. The third kappa shape index (κ3) is 3.25. The molecule has 0 bridgehead atoms. The third-order valence-corrected chi connectivity index (χ3v) is 10.9. The first-order valence-corrected chi connectivity index (χ1v) is 13.8. The van der Waals surface area contributed by atoms with E-state index in [1.54, 1.807) is 0 Å². The number of piperidine rings is 1. The SMILES string of the molecule is CC1=C2N(C)C(=O)CC[C@]2(C)[C@H]2CC[C@]3(C)[C@@H](C(=O)NCc4nc5ccccc5n4C)CC[C@H]3[C@@H]2C1. The molecule has 2 amide bonds. The molecule has 2 heterocycles. The Morgan fingerprint density at radius 3 is 2.67 bits per heavy atom. The lowest BCUT2D eigenvalue weighted by atomic mass is 9.48. The van der Waals surface area contributed by atoms with Crippen molar-refractivity contribution in [1.82, 2.24) is 19.8 Å². The number of nitrogens with one attached hydrogen (secondary N) is 1. The summed E-state index contributed by atoms with van der Waals surface area (Å²) < 4.78 is 2.08. The van der Waals surface area contributed by atoms with Gasteiger partial charge in [0.1, 0.15) is 5.82 Å². The molecule has 1 aliphatic heterocycles. The molecule has 1 aromatic heterocycles. The van der Waals surface area contributed by atoms with Gasteiger partial charge in [0.15, 0.2) is 0 Å². The summed E-state index contributed by atoms with van der Waals surface area (Å²) in [5, 5.41) is 3.27. The lowest BCUT2D eigenvalue weighted by Gasteiger charge is -2.59. The normalized spacial score (nSPS) is 36.0. The first kappa shape index (κ1) is 23.7. The van der Waals surface area contributed by atoms with Gasteiger partial charge >= 0.3 is 0 Å². The fourth-order valence-corrected chi connectivity index (χ4v) is 9.18. The number of amides is 2. The van der Waals surface area contributed by atoms with Gasteiger partial charge in [-0.05, 0) is 80.8 Å². The van der Waals surface area contributed by atoms with Crippen LogP contribution >= 0.6 is 0 Å². The second kappa shape index (κ2) is 8.19. The van der Waals surface area contributed by atoms with Crippen LogP contribution in [0.3, 0.4) is 0 Å². The van der Waals surface area contributed by atoms with Gasteiger partial charge in [-0.1, -0.05) is 31.6 Å². The Labute approximate surface area is 214 Å². The van der Waals surface area contributed by atoms with Crippen molar-refractivity contribution in [2.75, 3.05) is 7.05 Å². The summed E-state index contributed by atoms with van der Waals surface area (Å²) in [7, 11) is 4.00. The quantitative estimate of drug-likeness (QED) is 0.647. The Hall–Kier alpha value is -2.63. The third-order valence-electron chi connectivity index (χ3n) is 10.9. The number of fused-ring (bicyclic) bond motifs is 6. The topological polar surface area (TPSA) is 67.2 Å². The number of nitrogens with zero attached hydrogens (tertiary/aromatic N) is 3. The largest absolute Gasteiger partial charge is 0.349 e. The summed E-state index contributed by atoms with van der Waals surface area (Å²) in [6, 6.07) is 8.12. The van der Waals surface area contributed by atoms with Crippen LogP contribution in [0.25, 0.3) is 11.0 Å². The van der Waals surface area contributed by atoms with E-state index in [1.807, 2.05) is 37.2 Å². The van der Waals surface area contributed by atoms with Crippen molar-refractivity contribution in [2.45, 2.75) is 72.3 Å². The fraction of sp³-hybridized carbons (Fsp3) is 0.633. The molecule has 1 saturated heterocycles. The van der Waals surface area contributed by atoms with Crippen molar-refractivity contribution in [3.63, 3.8) is 0 Å².